The molecule has 7 rings (SSSR count). The molecule has 274 valence electrons. The minimum atomic E-state index is -0.937. The number of thiol groups is 1. The Labute approximate surface area is 325 Å². The van der Waals surface area contributed by atoms with Crippen molar-refractivity contribution in [2.45, 2.75) is 23.6 Å². The van der Waals surface area contributed by atoms with Crippen LogP contribution in [-0.2, 0) is 36.1 Å². The van der Waals surface area contributed by atoms with Crippen LogP contribution in [0.25, 0.3) is 0 Å². The van der Waals surface area contributed by atoms with Crippen LogP contribution in [0.1, 0.15) is 27.9 Å². The Hall–Kier alpha value is -5.57. The van der Waals surface area contributed by atoms with Gasteiger partial charge in [0, 0.05) is 16.0 Å². The van der Waals surface area contributed by atoms with E-state index in [0.717, 1.165) is 22.3 Å². The van der Waals surface area contributed by atoms with E-state index in [1.807, 2.05) is 54.6 Å². The van der Waals surface area contributed by atoms with E-state index in [2.05, 4.69) is 64.8 Å². The van der Waals surface area contributed by atoms with Crippen molar-refractivity contribution in [3.63, 3.8) is 0 Å². The maximum Gasteiger partial charge on any atom is 0.356 e. The number of β-lactam (4-membered cyclic amide) rings is 1. The number of fused-ring (bicyclic) bond motifs is 1. The van der Waals surface area contributed by atoms with E-state index < -0.39 is 34.7 Å². The summed E-state index contributed by atoms with van der Waals surface area (Å²) >= 11 is 7.18. The number of carbonyl (C=O) groups is 3. The molecule has 4 aromatic carbocycles. The highest BCUT2D eigenvalue weighted by atomic mass is 32.2. The number of rotatable bonds is 13. The number of amides is 2. The van der Waals surface area contributed by atoms with Gasteiger partial charge in [-0.05, 0) is 34.4 Å². The molecule has 0 aliphatic carbocycles. The van der Waals surface area contributed by atoms with Gasteiger partial charge in [-0.2, -0.15) is 0 Å². The number of nitrogens with one attached hydrogen (secondary N) is 2. The number of methoxy groups -OCH3 is 1. The first-order chi connectivity index (χ1) is 26.3. The third kappa shape index (κ3) is 7.19. The van der Waals surface area contributed by atoms with Crippen LogP contribution in [0.3, 0.4) is 0 Å². The lowest BCUT2D eigenvalue weighted by Crippen LogP contribution is -2.71. The Bertz CT molecular complexity index is 2100. The summed E-state index contributed by atoms with van der Waals surface area (Å²) in [5.41, 5.74) is 3.09. The molecule has 1 saturated heterocycles. The van der Waals surface area contributed by atoms with E-state index in [4.69, 9.17) is 19.3 Å². The van der Waals surface area contributed by atoms with E-state index in [9.17, 15) is 14.4 Å². The van der Waals surface area contributed by atoms with Gasteiger partial charge in [-0.3, -0.25) is 14.5 Å². The molecule has 0 spiro atoms. The summed E-state index contributed by atoms with van der Waals surface area (Å²) in [5, 5.41) is 12.2. The van der Waals surface area contributed by atoms with Gasteiger partial charge >= 0.3 is 5.97 Å². The minimum Gasteiger partial charge on any atom is -0.497 e. The standard InChI is InChI=1S/C40H35N5O6S3/c1-49-29-20-18-25(19-21-29)22-51-38(48)34-31(52)24-53-37-33(36(47)45(34)37)42-35(46)32(44-50-2)30-23-54-39(41-30)43-40(26-12-6-3-7-13-26,27-14-8-4-9-15-27)28-16-10-5-11-17-28/h3-21,23,33,37,52H,22,24H2,1-2H3,(H,41,43)(H,42,46)/b44-32-/t33-,37-/m1/s1. The smallest absolute Gasteiger partial charge is 0.356 e. The molecule has 0 saturated carbocycles. The number of thiazole rings is 1. The Morgan fingerprint density at radius 3 is 2.06 bits per heavy atom. The zero-order valence-corrected chi connectivity index (χ0v) is 31.7. The maximum atomic E-state index is 13.8. The number of carbonyl (C=O) groups excluding carboxylic acids is 3. The Kier molecular flexibility index (Phi) is 11.0. The summed E-state index contributed by atoms with van der Waals surface area (Å²) in [7, 11) is 2.90. The summed E-state index contributed by atoms with van der Waals surface area (Å²) in [6, 6.07) is 36.4. The van der Waals surface area contributed by atoms with E-state index in [1.54, 1.807) is 36.8 Å². The topological polar surface area (TPSA) is 131 Å². The third-order valence-electron chi connectivity index (χ3n) is 9.02. The molecule has 0 bridgehead atoms. The second-order valence-corrected chi connectivity index (χ2v) is 14.7. The highest BCUT2D eigenvalue weighted by Crippen LogP contribution is 2.43. The summed E-state index contributed by atoms with van der Waals surface area (Å²) < 4.78 is 10.7. The minimum absolute atomic E-state index is 0.00210. The molecule has 3 heterocycles. The van der Waals surface area contributed by atoms with Crippen molar-refractivity contribution in [3.05, 3.63) is 159 Å². The summed E-state index contributed by atoms with van der Waals surface area (Å²) in [4.78, 5) is 52.2. The first-order valence-electron chi connectivity index (χ1n) is 16.8. The molecule has 2 N–H and O–H groups in total. The van der Waals surface area contributed by atoms with Crippen LogP contribution in [0.2, 0.25) is 0 Å². The first-order valence-corrected chi connectivity index (χ1v) is 19.2. The van der Waals surface area contributed by atoms with Crippen LogP contribution in [0.5, 0.6) is 5.75 Å². The van der Waals surface area contributed by atoms with Gasteiger partial charge in [0.2, 0.25) is 0 Å². The molecule has 14 heteroatoms. The number of hydrogen-bond donors (Lipinski definition) is 3. The monoisotopic (exact) mass is 777 g/mol. The molecule has 2 aliphatic heterocycles. The average Bonchev–Trinajstić information content (AvgIpc) is 3.69. The second-order valence-electron chi connectivity index (χ2n) is 12.2. The van der Waals surface area contributed by atoms with Crippen molar-refractivity contribution in [2.24, 2.45) is 5.16 Å². The van der Waals surface area contributed by atoms with Crippen molar-refractivity contribution in [2.75, 3.05) is 25.3 Å². The van der Waals surface area contributed by atoms with Crippen LogP contribution in [0, 0.1) is 0 Å². The van der Waals surface area contributed by atoms with Gasteiger partial charge in [0.15, 0.2) is 10.8 Å². The quantitative estimate of drug-likeness (QED) is 0.0320. The van der Waals surface area contributed by atoms with Crippen molar-refractivity contribution in [1.29, 1.82) is 0 Å². The van der Waals surface area contributed by atoms with E-state index in [0.29, 0.717) is 21.5 Å². The predicted octanol–water partition coefficient (Wildman–Crippen LogP) is 6.19. The van der Waals surface area contributed by atoms with Gasteiger partial charge in [-0.1, -0.05) is 108 Å². The van der Waals surface area contributed by atoms with Gasteiger partial charge in [0.05, 0.1) is 7.11 Å². The highest BCUT2D eigenvalue weighted by Gasteiger charge is 2.54. The molecule has 54 heavy (non-hydrogen) atoms. The van der Waals surface area contributed by atoms with E-state index in [-0.39, 0.29) is 23.7 Å². The Morgan fingerprint density at radius 1 is 0.907 bits per heavy atom. The van der Waals surface area contributed by atoms with Crippen molar-refractivity contribution in [1.82, 2.24) is 15.2 Å². The van der Waals surface area contributed by atoms with Crippen LogP contribution in [0.15, 0.2) is 136 Å². The summed E-state index contributed by atoms with van der Waals surface area (Å²) in [5.74, 6) is -0.779. The molecule has 5 aromatic rings. The van der Waals surface area contributed by atoms with Gasteiger partial charge in [0.25, 0.3) is 11.8 Å². The first kappa shape index (κ1) is 36.8. The molecule has 2 aliphatic rings. The number of esters is 1. The van der Waals surface area contributed by atoms with Crippen molar-refractivity contribution in [3.8, 4) is 5.75 Å². The molecule has 0 radical (unpaired) electrons. The number of benzene rings is 4. The fourth-order valence-electron chi connectivity index (χ4n) is 6.42. The van der Waals surface area contributed by atoms with Crippen LogP contribution in [0.4, 0.5) is 5.13 Å². The Morgan fingerprint density at radius 2 is 1.50 bits per heavy atom. The highest BCUT2D eigenvalue weighted by molar-refractivity contribution is 8.01. The van der Waals surface area contributed by atoms with Gasteiger partial charge in [-0.25, -0.2) is 9.78 Å². The number of nitrogens with zero attached hydrogens (tertiary/aromatic N) is 3. The maximum absolute atomic E-state index is 13.8. The fraction of sp³-hybridized carbons (Fsp3) is 0.175. The zero-order chi connectivity index (χ0) is 37.7. The molecule has 2 atom stereocenters. The lowest BCUT2D eigenvalue weighted by atomic mass is 9.77. The largest absolute Gasteiger partial charge is 0.497 e. The SMILES string of the molecule is CO/N=C(\C(=O)N[C@@H]1C(=O)N2C(C(=O)OCc3ccc(OC)cc3)=C(S)CS[C@H]12)c1csc(NC(c2ccccc2)(c2ccccc2)c2ccccc2)n1. The second kappa shape index (κ2) is 16.2. The number of oxime groups is 1. The number of anilines is 1. The zero-order valence-electron chi connectivity index (χ0n) is 29.2. The fourth-order valence-corrected chi connectivity index (χ4v) is 8.79. The molecule has 2 amide bonds. The van der Waals surface area contributed by atoms with Gasteiger partial charge in [0.1, 0.15) is 47.8 Å². The van der Waals surface area contributed by atoms with Crippen molar-refractivity contribution >= 4 is 64.4 Å². The molecule has 11 nitrogen and oxygen atoms in total. The van der Waals surface area contributed by atoms with Crippen LogP contribution in [-0.4, -0.2) is 64.8 Å². The number of hydrogen-bond acceptors (Lipinski definition) is 12. The van der Waals surface area contributed by atoms with E-state index >= 15 is 0 Å². The summed E-state index contributed by atoms with van der Waals surface area (Å²) in [6.07, 6.45) is 0. The normalized spacial score (nSPS) is 16.9. The molecule has 1 fully saturated rings. The number of ether oxygens (including phenoxy) is 2. The molecule has 0 unspecified atom stereocenters. The average molecular weight is 778 g/mol. The Balaban J connectivity index is 1.09. The van der Waals surface area contributed by atoms with Gasteiger partial charge < -0.3 is 24.9 Å². The molecular weight excluding hydrogens is 743 g/mol. The van der Waals surface area contributed by atoms with Crippen molar-refractivity contribution < 1.29 is 28.7 Å². The van der Waals surface area contributed by atoms with Crippen LogP contribution >= 0.6 is 35.7 Å². The van der Waals surface area contributed by atoms with E-state index in [1.165, 1.54) is 35.1 Å². The lowest BCUT2D eigenvalue weighted by Gasteiger charge is -2.49. The van der Waals surface area contributed by atoms with Crippen LogP contribution < -0.4 is 15.4 Å². The molecule has 1 aromatic heterocycles. The molecular formula is C40H35N5O6S3. The van der Waals surface area contributed by atoms with Gasteiger partial charge in [-0.15, -0.1) is 35.7 Å². The number of thioether (sulfide) groups is 1. The third-order valence-corrected chi connectivity index (χ3v) is 11.6. The number of aromatic nitrogens is 1. The summed E-state index contributed by atoms with van der Waals surface area (Å²) in [6.45, 7) is -0.00210. The predicted molar refractivity (Wildman–Crippen MR) is 212 cm³/mol. The lowest BCUT2D eigenvalue weighted by molar-refractivity contribution is -0.153.